The van der Waals surface area contributed by atoms with Gasteiger partial charge in [-0.05, 0) is 64.0 Å². The minimum Gasteiger partial charge on any atom is -0.287 e. The summed E-state index contributed by atoms with van der Waals surface area (Å²) in [5.41, 5.74) is -0.140. The first-order valence-electron chi connectivity index (χ1n) is 8.03. The number of carbonyl (C=O) groups is 1. The van der Waals surface area contributed by atoms with Crippen LogP contribution >= 0.6 is 11.6 Å². The topological polar surface area (TPSA) is 30.0 Å². The monoisotopic (exact) mass is 385 g/mol. The van der Waals surface area contributed by atoms with E-state index in [2.05, 4.69) is 4.98 Å². The van der Waals surface area contributed by atoms with Crippen molar-refractivity contribution in [3.05, 3.63) is 88.7 Å². The normalized spacial score (nSPS) is 11.9. The Morgan fingerprint density at radius 3 is 2.41 bits per heavy atom. The van der Waals surface area contributed by atoms with E-state index in [1.165, 1.54) is 12.3 Å². The number of carbonyl (C=O) groups excluding carboxylic acids is 1. The number of ketones is 1. The zero-order valence-electron chi connectivity index (χ0n) is 13.7. The lowest BCUT2D eigenvalue weighted by Gasteiger charge is -2.13. The average molecular weight is 386 g/mol. The highest BCUT2D eigenvalue weighted by molar-refractivity contribution is 6.32. The molecule has 0 aliphatic heterocycles. The molecule has 27 heavy (non-hydrogen) atoms. The lowest BCUT2D eigenvalue weighted by Crippen LogP contribution is -2.06. The van der Waals surface area contributed by atoms with E-state index in [0.29, 0.717) is 32.1 Å². The standard InChI is InChI=1S/C21H11ClF3NO/c22-14-6-7-15-16-10-13(21(23,24)25)5-4-12(16)9-18(17(15)11-14)20(27)19-3-1-2-8-26-19/h1-11H. The largest absolute Gasteiger partial charge is 0.416 e. The molecule has 0 unspecified atom stereocenters. The Kier molecular flexibility index (Phi) is 4.12. The highest BCUT2D eigenvalue weighted by Gasteiger charge is 2.30. The number of alkyl halides is 3. The summed E-state index contributed by atoms with van der Waals surface area (Å²) < 4.78 is 39.4. The van der Waals surface area contributed by atoms with Gasteiger partial charge in [0.1, 0.15) is 5.69 Å². The van der Waals surface area contributed by atoms with Crippen LogP contribution in [0.4, 0.5) is 13.2 Å². The summed E-state index contributed by atoms with van der Waals surface area (Å²) in [6.45, 7) is 0. The third kappa shape index (κ3) is 3.15. The maximum Gasteiger partial charge on any atom is 0.416 e. The molecule has 1 aromatic heterocycles. The molecule has 1 heterocycles. The zero-order chi connectivity index (χ0) is 19.2. The first-order chi connectivity index (χ1) is 12.8. The number of hydrogen-bond acceptors (Lipinski definition) is 2. The highest BCUT2D eigenvalue weighted by atomic mass is 35.5. The van der Waals surface area contributed by atoms with Gasteiger partial charge in [-0.2, -0.15) is 13.2 Å². The number of hydrogen-bond donors (Lipinski definition) is 0. The molecular formula is C21H11ClF3NO. The number of rotatable bonds is 2. The van der Waals surface area contributed by atoms with Gasteiger partial charge >= 0.3 is 6.18 Å². The molecule has 0 N–H and O–H groups in total. The summed E-state index contributed by atoms with van der Waals surface area (Å²) >= 11 is 6.09. The summed E-state index contributed by atoms with van der Waals surface area (Å²) in [7, 11) is 0. The molecule has 2 nitrogen and oxygen atoms in total. The highest BCUT2D eigenvalue weighted by Crippen LogP contribution is 2.36. The van der Waals surface area contributed by atoms with E-state index in [1.807, 2.05) is 0 Å². The third-order valence-electron chi connectivity index (χ3n) is 4.38. The second kappa shape index (κ2) is 6.35. The van der Waals surface area contributed by atoms with Crippen LogP contribution in [0.5, 0.6) is 0 Å². The van der Waals surface area contributed by atoms with Gasteiger partial charge < -0.3 is 0 Å². The average Bonchev–Trinajstić information content (AvgIpc) is 2.66. The predicted molar refractivity (Wildman–Crippen MR) is 99.1 cm³/mol. The summed E-state index contributed by atoms with van der Waals surface area (Å²) in [6.07, 6.45) is -2.94. The van der Waals surface area contributed by atoms with Crippen molar-refractivity contribution in [2.24, 2.45) is 0 Å². The number of halogens is 4. The van der Waals surface area contributed by atoms with Crippen LogP contribution in [0.25, 0.3) is 21.5 Å². The van der Waals surface area contributed by atoms with Crippen molar-refractivity contribution in [3.8, 4) is 0 Å². The number of nitrogens with zero attached hydrogens (tertiary/aromatic N) is 1. The molecule has 0 atom stereocenters. The lowest BCUT2D eigenvalue weighted by atomic mass is 9.93. The fourth-order valence-corrected chi connectivity index (χ4v) is 3.29. The summed E-state index contributed by atoms with van der Waals surface area (Å²) in [4.78, 5) is 17.0. The van der Waals surface area contributed by atoms with Crippen molar-refractivity contribution in [1.82, 2.24) is 4.98 Å². The molecular weight excluding hydrogens is 375 g/mol. The van der Waals surface area contributed by atoms with Crippen LogP contribution in [-0.4, -0.2) is 10.8 Å². The van der Waals surface area contributed by atoms with Gasteiger partial charge in [-0.3, -0.25) is 9.78 Å². The van der Waals surface area contributed by atoms with Crippen LogP contribution in [0.3, 0.4) is 0 Å². The van der Waals surface area contributed by atoms with E-state index in [9.17, 15) is 18.0 Å². The Hall–Kier alpha value is -2.92. The van der Waals surface area contributed by atoms with Crippen molar-refractivity contribution in [3.63, 3.8) is 0 Å². The molecule has 0 amide bonds. The molecule has 3 aromatic carbocycles. The third-order valence-corrected chi connectivity index (χ3v) is 4.62. The molecule has 0 aliphatic rings. The first kappa shape index (κ1) is 17.5. The Balaban J connectivity index is 2.05. The molecule has 6 heteroatoms. The van der Waals surface area contributed by atoms with Crippen molar-refractivity contribution in [2.45, 2.75) is 6.18 Å². The second-order valence-corrected chi connectivity index (χ2v) is 6.53. The van der Waals surface area contributed by atoms with Gasteiger partial charge in [0.2, 0.25) is 5.78 Å². The number of benzene rings is 3. The smallest absolute Gasteiger partial charge is 0.287 e. The van der Waals surface area contributed by atoms with E-state index in [4.69, 9.17) is 11.6 Å². The predicted octanol–water partition coefficient (Wildman–Crippen LogP) is 6.29. The molecule has 4 aromatic rings. The van der Waals surface area contributed by atoms with Gasteiger partial charge in [0, 0.05) is 16.8 Å². The van der Waals surface area contributed by atoms with E-state index < -0.39 is 11.7 Å². The van der Waals surface area contributed by atoms with Crippen LogP contribution in [0.1, 0.15) is 21.6 Å². The summed E-state index contributed by atoms with van der Waals surface area (Å²) in [6, 6.07) is 14.9. The van der Waals surface area contributed by atoms with Crippen molar-refractivity contribution >= 4 is 38.9 Å². The van der Waals surface area contributed by atoms with Gasteiger partial charge in [-0.15, -0.1) is 0 Å². The van der Waals surface area contributed by atoms with Gasteiger partial charge in [-0.25, -0.2) is 0 Å². The summed E-state index contributed by atoms with van der Waals surface area (Å²) in [5.74, 6) is -0.315. The maximum atomic E-state index is 13.1. The maximum absolute atomic E-state index is 13.1. The Morgan fingerprint density at radius 1 is 0.889 bits per heavy atom. The second-order valence-electron chi connectivity index (χ2n) is 6.09. The van der Waals surface area contributed by atoms with Crippen LogP contribution in [0.2, 0.25) is 5.02 Å². The van der Waals surface area contributed by atoms with Crippen molar-refractivity contribution in [1.29, 1.82) is 0 Å². The minimum atomic E-state index is -4.45. The van der Waals surface area contributed by atoms with Gasteiger partial charge in [0.25, 0.3) is 0 Å². The van der Waals surface area contributed by atoms with Gasteiger partial charge in [-0.1, -0.05) is 29.8 Å². The number of pyridine rings is 1. The van der Waals surface area contributed by atoms with Crippen molar-refractivity contribution < 1.29 is 18.0 Å². The molecule has 0 saturated carbocycles. The number of aromatic nitrogens is 1. The van der Waals surface area contributed by atoms with Crippen LogP contribution in [0, 0.1) is 0 Å². The first-order valence-corrected chi connectivity index (χ1v) is 8.41. The molecule has 0 bridgehead atoms. The van der Waals surface area contributed by atoms with Crippen LogP contribution < -0.4 is 0 Å². The van der Waals surface area contributed by atoms with E-state index in [0.717, 1.165) is 12.1 Å². The Labute approximate surface area is 157 Å². The number of fused-ring (bicyclic) bond motifs is 3. The molecule has 0 aliphatic carbocycles. The van der Waals surface area contributed by atoms with Gasteiger partial charge in [0.05, 0.1) is 5.56 Å². The molecule has 0 fully saturated rings. The van der Waals surface area contributed by atoms with E-state index >= 15 is 0 Å². The molecule has 0 saturated heterocycles. The molecule has 0 spiro atoms. The van der Waals surface area contributed by atoms with E-state index in [-0.39, 0.29) is 11.5 Å². The zero-order valence-corrected chi connectivity index (χ0v) is 14.5. The quantitative estimate of drug-likeness (QED) is 0.300. The lowest BCUT2D eigenvalue weighted by molar-refractivity contribution is -0.137. The van der Waals surface area contributed by atoms with E-state index in [1.54, 1.807) is 42.5 Å². The summed E-state index contributed by atoms with van der Waals surface area (Å²) in [5, 5.41) is 2.36. The van der Waals surface area contributed by atoms with Crippen molar-refractivity contribution in [2.75, 3.05) is 0 Å². The fraction of sp³-hybridized carbons (Fsp3) is 0.0476. The Bertz CT molecular complexity index is 1190. The molecule has 134 valence electrons. The molecule has 0 radical (unpaired) electrons. The SMILES string of the molecule is O=C(c1ccccn1)c1cc2ccc(C(F)(F)F)cc2c2ccc(Cl)cc12. The Morgan fingerprint density at radius 2 is 1.70 bits per heavy atom. The van der Waals surface area contributed by atoms with Crippen LogP contribution in [0.15, 0.2) is 66.9 Å². The van der Waals surface area contributed by atoms with Crippen LogP contribution in [-0.2, 0) is 6.18 Å². The molecule has 4 rings (SSSR count). The van der Waals surface area contributed by atoms with Gasteiger partial charge in [0.15, 0.2) is 0 Å². The fourth-order valence-electron chi connectivity index (χ4n) is 3.12. The minimum absolute atomic E-state index is 0.255.